The maximum atomic E-state index is 13.0. The van der Waals surface area contributed by atoms with Gasteiger partial charge in [0.15, 0.2) is 11.6 Å². The van der Waals surface area contributed by atoms with Gasteiger partial charge in [-0.1, -0.05) is 98.6 Å². The van der Waals surface area contributed by atoms with Gasteiger partial charge in [-0.2, -0.15) is 0 Å². The number of hydrogen-bond donors (Lipinski definition) is 11. The van der Waals surface area contributed by atoms with Gasteiger partial charge in [0, 0.05) is 56.8 Å². The Morgan fingerprint density at radius 1 is 0.464 bits per heavy atom. The SMILES string of the molecule is O=C(O)CCCCCCCCCCCCCCCCC(=O)N[C@@H](CCC(=O)NCCOCCOCC(=O)NCCOCCOCC(=O)NCCOCCOCC(=O)N[C@@H](CCC(=O)O)C(=O)CN[C@H]1CSSC[C@@H](C(=O)O)NCC1=O)C(=O)O. The average Bonchev–Trinajstić information content (AvgIpc) is 3.68. The zero-order valence-corrected chi connectivity index (χ0v) is 50.1. The largest absolute Gasteiger partial charge is 0.481 e. The molecule has 1 rings (SSSR count). The number of rotatable bonds is 55. The van der Waals surface area contributed by atoms with Crippen molar-refractivity contribution in [3.05, 3.63) is 0 Å². The van der Waals surface area contributed by atoms with Crippen molar-refractivity contribution in [2.24, 2.45) is 0 Å². The molecule has 11 N–H and O–H groups in total. The second-order valence-electron chi connectivity index (χ2n) is 19.6. The number of carbonyl (C=O) groups is 11. The van der Waals surface area contributed by atoms with E-state index in [1.54, 1.807) is 0 Å². The summed E-state index contributed by atoms with van der Waals surface area (Å²) in [4.78, 5) is 132. The van der Waals surface area contributed by atoms with Gasteiger partial charge in [-0.25, -0.2) is 4.79 Å². The van der Waals surface area contributed by atoms with Crippen molar-refractivity contribution in [1.29, 1.82) is 0 Å². The highest BCUT2D eigenvalue weighted by Gasteiger charge is 2.28. The van der Waals surface area contributed by atoms with Gasteiger partial charge in [0.2, 0.25) is 29.5 Å². The third kappa shape index (κ3) is 46.3. The summed E-state index contributed by atoms with van der Waals surface area (Å²) in [5.74, 6) is -6.75. The van der Waals surface area contributed by atoms with Crippen LogP contribution in [0.3, 0.4) is 0 Å². The Morgan fingerprint density at radius 3 is 1.36 bits per heavy atom. The zero-order valence-electron chi connectivity index (χ0n) is 48.4. The minimum absolute atomic E-state index is 0.00209. The molecule has 1 fully saturated rings. The van der Waals surface area contributed by atoms with Gasteiger partial charge in [-0.15, -0.1) is 0 Å². The highest BCUT2D eigenvalue weighted by molar-refractivity contribution is 8.76. The summed E-state index contributed by atoms with van der Waals surface area (Å²) in [5.41, 5.74) is 0. The fraction of sp³-hybridized carbons (Fsp3) is 0.796. The minimum atomic E-state index is -1.21. The zero-order chi connectivity index (χ0) is 61.8. The van der Waals surface area contributed by atoms with Crippen LogP contribution in [0.2, 0.25) is 0 Å². The number of carbonyl (C=O) groups excluding carboxylic acids is 7. The molecule has 0 spiro atoms. The molecule has 482 valence electrons. The van der Waals surface area contributed by atoms with Crippen molar-refractivity contribution in [3.63, 3.8) is 0 Å². The first-order valence-corrected chi connectivity index (χ1v) is 31.5. The Kier molecular flexibility index (Phi) is 47.9. The Balaban J connectivity index is 1.99. The average molecular weight is 1240 g/mol. The summed E-state index contributed by atoms with van der Waals surface area (Å²) in [6.07, 6.45) is 14.6. The first kappa shape index (κ1) is 77.0. The summed E-state index contributed by atoms with van der Waals surface area (Å²) in [5, 5.41) is 55.1. The van der Waals surface area contributed by atoms with Crippen molar-refractivity contribution in [2.45, 2.75) is 153 Å². The monoisotopic (exact) mass is 1240 g/mol. The highest BCUT2D eigenvalue weighted by atomic mass is 33.1. The molecule has 0 aromatic rings. The first-order valence-electron chi connectivity index (χ1n) is 29.0. The van der Waals surface area contributed by atoms with E-state index < -0.39 is 78.7 Å². The van der Waals surface area contributed by atoms with Crippen LogP contribution in [0.15, 0.2) is 0 Å². The number of nitrogens with one attached hydrogen (secondary N) is 7. The van der Waals surface area contributed by atoms with Crippen LogP contribution in [0.5, 0.6) is 0 Å². The van der Waals surface area contributed by atoms with Crippen LogP contribution in [0.25, 0.3) is 0 Å². The van der Waals surface area contributed by atoms with Crippen LogP contribution < -0.4 is 37.2 Å². The molecule has 84 heavy (non-hydrogen) atoms. The second kappa shape index (κ2) is 52.3. The Labute approximate surface area is 499 Å². The first-order chi connectivity index (χ1) is 40.5. The van der Waals surface area contributed by atoms with E-state index in [1.807, 2.05) is 0 Å². The van der Waals surface area contributed by atoms with Crippen molar-refractivity contribution in [1.82, 2.24) is 37.2 Å². The van der Waals surface area contributed by atoms with Crippen molar-refractivity contribution in [2.75, 3.05) is 124 Å². The molecular formula is C54H93N7O21S2. The maximum Gasteiger partial charge on any atom is 0.326 e. The van der Waals surface area contributed by atoms with Gasteiger partial charge in [-0.05, 0) is 25.7 Å². The molecule has 1 heterocycles. The molecule has 0 bridgehead atoms. The van der Waals surface area contributed by atoms with Crippen LogP contribution in [0.4, 0.5) is 0 Å². The molecule has 0 radical (unpaired) electrons. The topological polar surface area (TPSA) is 408 Å². The number of carboxylic acid groups (broad SMARTS) is 4. The molecule has 4 atom stereocenters. The van der Waals surface area contributed by atoms with E-state index >= 15 is 0 Å². The lowest BCUT2D eigenvalue weighted by atomic mass is 10.0. The molecule has 0 aromatic carbocycles. The smallest absolute Gasteiger partial charge is 0.326 e. The molecule has 0 unspecified atom stereocenters. The summed E-state index contributed by atoms with van der Waals surface area (Å²) in [7, 11) is 2.55. The van der Waals surface area contributed by atoms with Gasteiger partial charge in [0.05, 0.1) is 84.6 Å². The van der Waals surface area contributed by atoms with Gasteiger partial charge in [0.25, 0.3) is 0 Å². The van der Waals surface area contributed by atoms with Crippen LogP contribution in [0, 0.1) is 0 Å². The Bertz CT molecular complexity index is 1930. The molecule has 1 saturated heterocycles. The van der Waals surface area contributed by atoms with Gasteiger partial charge < -0.3 is 75.4 Å². The number of unbranched alkanes of at least 4 members (excludes halogenated alkanes) is 13. The molecule has 5 amide bonds. The summed E-state index contributed by atoms with van der Waals surface area (Å²) < 4.78 is 32.0. The summed E-state index contributed by atoms with van der Waals surface area (Å²) in [6.45, 7) is 0.224. The standard InChI is InChI=1S/C54H93N7O21S2/c62-44(33-58-42-38-83-84-39-43(54(75)76)59-34-45(42)63)40(18-20-52(71)72)60-50(68)37-82-32-29-79-26-23-57-49(67)36-81-31-28-78-25-22-56-48(66)35-80-30-27-77-24-21-55-46(64)19-17-41(53(73)74)61-47(65)15-13-11-9-7-5-3-1-2-4-6-8-10-12-14-16-51(69)70/h40-43,58-59H,1-39H2,(H,55,64)(H,56,66)(H,57,67)(H,60,68)(H,61,65)(H,69,70)(H,71,72)(H,73,74)(H,75,76)/t40-,41-,42-,43-/m0/s1. The summed E-state index contributed by atoms with van der Waals surface area (Å²) in [6, 6.07) is -4.03. The fourth-order valence-electron chi connectivity index (χ4n) is 7.84. The number of carboxylic acids is 4. The van der Waals surface area contributed by atoms with Crippen molar-refractivity contribution in [3.8, 4) is 0 Å². The Morgan fingerprint density at radius 2 is 0.881 bits per heavy atom. The van der Waals surface area contributed by atoms with Crippen LogP contribution in [-0.4, -0.2) is 233 Å². The quantitative estimate of drug-likeness (QED) is 0.0299. The molecule has 28 nitrogen and oxygen atoms in total. The predicted octanol–water partition coefficient (Wildman–Crippen LogP) is 0.994. The lowest BCUT2D eigenvalue weighted by molar-refractivity contribution is -0.142. The van der Waals surface area contributed by atoms with Gasteiger partial charge in [0.1, 0.15) is 31.9 Å². The third-order valence-electron chi connectivity index (χ3n) is 12.5. The maximum absolute atomic E-state index is 13.0. The number of hydrogen-bond acceptors (Lipinski definition) is 21. The Hall–Kier alpha value is -5.05. The number of ether oxygens (including phenoxy) is 6. The molecular weight excluding hydrogens is 1150 g/mol. The van der Waals surface area contributed by atoms with Crippen LogP contribution in [0.1, 0.15) is 128 Å². The molecule has 0 aliphatic carbocycles. The van der Waals surface area contributed by atoms with E-state index in [-0.39, 0.29) is 173 Å². The van der Waals surface area contributed by atoms with Crippen LogP contribution in [-0.2, 0) is 81.2 Å². The lowest BCUT2D eigenvalue weighted by Gasteiger charge is -2.20. The van der Waals surface area contributed by atoms with Crippen molar-refractivity contribution >= 4 is 86.6 Å². The van der Waals surface area contributed by atoms with E-state index in [4.69, 9.17) is 38.6 Å². The van der Waals surface area contributed by atoms with Crippen LogP contribution >= 0.6 is 21.6 Å². The van der Waals surface area contributed by atoms with Gasteiger partial charge >= 0.3 is 23.9 Å². The number of Topliss-reactive ketones (excluding diaryl/α,β-unsaturated/α-hetero) is 2. The predicted molar refractivity (Wildman–Crippen MR) is 309 cm³/mol. The minimum Gasteiger partial charge on any atom is -0.481 e. The number of amides is 5. The molecule has 30 heteroatoms. The third-order valence-corrected chi connectivity index (χ3v) is 14.9. The van der Waals surface area contributed by atoms with E-state index in [2.05, 4.69) is 37.2 Å². The normalized spacial score (nSPS) is 15.1. The van der Waals surface area contributed by atoms with E-state index in [9.17, 15) is 63.0 Å². The van der Waals surface area contributed by atoms with E-state index in [0.29, 0.717) is 6.42 Å². The lowest BCUT2D eigenvalue weighted by Crippen LogP contribution is -2.51. The number of ketones is 2. The molecule has 1 aliphatic rings. The molecule has 0 aromatic heterocycles. The highest BCUT2D eigenvalue weighted by Crippen LogP contribution is 2.24. The second-order valence-corrected chi connectivity index (χ2v) is 22.2. The van der Waals surface area contributed by atoms with E-state index in [0.717, 1.165) is 51.4 Å². The summed E-state index contributed by atoms with van der Waals surface area (Å²) >= 11 is 0. The van der Waals surface area contributed by atoms with Crippen molar-refractivity contribution < 1.29 is 102 Å². The number of aliphatic carboxylic acids is 4. The van der Waals surface area contributed by atoms with E-state index in [1.165, 1.54) is 53.7 Å². The molecule has 0 saturated carbocycles. The molecule has 1 aliphatic heterocycles. The van der Waals surface area contributed by atoms with Gasteiger partial charge in [-0.3, -0.25) is 58.6 Å². The fourth-order valence-corrected chi connectivity index (χ4v) is 10.3.